The molecule has 144 valence electrons. The number of hydrogen-bond donors (Lipinski definition) is 1. The molecule has 1 unspecified atom stereocenters. The summed E-state index contributed by atoms with van der Waals surface area (Å²) in [5, 5.41) is 0. The lowest BCUT2D eigenvalue weighted by Gasteiger charge is -2.27. The Balaban J connectivity index is 1.49. The number of hydrogen-bond acceptors (Lipinski definition) is 6. The van der Waals surface area contributed by atoms with E-state index in [-0.39, 0.29) is 0 Å². The van der Waals surface area contributed by atoms with Crippen LogP contribution in [-0.4, -0.2) is 75.9 Å². The summed E-state index contributed by atoms with van der Waals surface area (Å²) in [4.78, 5) is 28.0. The molecule has 0 radical (unpaired) electrons. The predicted molar refractivity (Wildman–Crippen MR) is 102 cm³/mol. The molecule has 2 heterocycles. The third-order valence-corrected chi connectivity index (χ3v) is 5.60. The van der Waals surface area contributed by atoms with Gasteiger partial charge in [0.1, 0.15) is 11.6 Å². The first kappa shape index (κ1) is 19.0. The average Bonchev–Trinajstić information content (AvgIpc) is 3.45. The summed E-state index contributed by atoms with van der Waals surface area (Å²) in [7, 11) is 2.11. The van der Waals surface area contributed by atoms with Crippen LogP contribution in [-0.2, 0) is 11.3 Å². The molecule has 26 heavy (non-hydrogen) atoms. The number of aromatic nitrogens is 2. The van der Waals surface area contributed by atoms with Crippen LogP contribution in [0.1, 0.15) is 44.9 Å². The highest BCUT2D eigenvalue weighted by Gasteiger charge is 2.31. The SMILES string of the molecule is CCN(CC(=O)N1CCCC(N(C)Cc2nccc(N)n2)CC1)C1CC1. The maximum absolute atomic E-state index is 12.7. The molecule has 2 fully saturated rings. The number of likely N-dealkylation sites (N-methyl/N-ethyl adjacent to an activating group) is 1. The van der Waals surface area contributed by atoms with Gasteiger partial charge in [-0.1, -0.05) is 6.92 Å². The van der Waals surface area contributed by atoms with Gasteiger partial charge >= 0.3 is 0 Å². The minimum absolute atomic E-state index is 0.293. The standard InChI is InChI=1S/C19H32N6O/c1-3-24(16-6-7-16)14-19(26)25-11-4-5-15(9-12-25)23(2)13-18-21-10-8-17(20)22-18/h8,10,15-16H,3-7,9,11-14H2,1-2H3,(H2,20,21,22). The van der Waals surface area contributed by atoms with Gasteiger partial charge in [-0.05, 0) is 51.8 Å². The maximum atomic E-state index is 12.7. The zero-order chi connectivity index (χ0) is 18.5. The molecule has 7 nitrogen and oxygen atoms in total. The van der Waals surface area contributed by atoms with E-state index in [0.717, 1.165) is 44.7 Å². The van der Waals surface area contributed by atoms with Gasteiger partial charge in [0, 0.05) is 31.4 Å². The molecule has 1 amide bonds. The molecule has 1 aromatic heterocycles. The first-order valence-electron chi connectivity index (χ1n) is 9.86. The van der Waals surface area contributed by atoms with Crippen LogP contribution in [0.4, 0.5) is 5.82 Å². The summed E-state index contributed by atoms with van der Waals surface area (Å²) in [5.74, 6) is 1.56. The first-order chi connectivity index (χ1) is 12.6. The van der Waals surface area contributed by atoms with Crippen LogP contribution in [0, 0.1) is 0 Å². The van der Waals surface area contributed by atoms with Crippen molar-refractivity contribution in [1.29, 1.82) is 0 Å². The Labute approximate surface area is 156 Å². The fourth-order valence-electron chi connectivity index (χ4n) is 3.82. The average molecular weight is 361 g/mol. The second-order valence-corrected chi connectivity index (χ2v) is 7.57. The lowest BCUT2D eigenvalue weighted by Crippen LogP contribution is -2.42. The summed E-state index contributed by atoms with van der Waals surface area (Å²) >= 11 is 0. The highest BCUT2D eigenvalue weighted by Crippen LogP contribution is 2.26. The molecule has 1 atom stereocenters. The summed E-state index contributed by atoms with van der Waals surface area (Å²) < 4.78 is 0. The Bertz CT molecular complexity index is 605. The van der Waals surface area contributed by atoms with Crippen LogP contribution < -0.4 is 5.73 Å². The third kappa shape index (κ3) is 5.14. The highest BCUT2D eigenvalue weighted by molar-refractivity contribution is 5.78. The van der Waals surface area contributed by atoms with Crippen molar-refractivity contribution in [3.8, 4) is 0 Å². The van der Waals surface area contributed by atoms with Gasteiger partial charge in [0.05, 0.1) is 13.1 Å². The zero-order valence-electron chi connectivity index (χ0n) is 16.1. The number of likely N-dealkylation sites (tertiary alicyclic amines) is 1. The molecule has 3 rings (SSSR count). The topological polar surface area (TPSA) is 78.6 Å². The van der Waals surface area contributed by atoms with Crippen LogP contribution >= 0.6 is 0 Å². The normalized spacial score (nSPS) is 21.2. The minimum Gasteiger partial charge on any atom is -0.384 e. The molecule has 7 heteroatoms. The smallest absolute Gasteiger partial charge is 0.236 e. The Morgan fingerprint density at radius 2 is 2.08 bits per heavy atom. The van der Waals surface area contributed by atoms with E-state index in [1.807, 2.05) is 0 Å². The van der Waals surface area contributed by atoms with E-state index in [9.17, 15) is 4.79 Å². The van der Waals surface area contributed by atoms with E-state index in [1.165, 1.54) is 12.8 Å². The van der Waals surface area contributed by atoms with E-state index >= 15 is 0 Å². The second kappa shape index (κ2) is 8.77. The predicted octanol–water partition coefficient (Wildman–Crippen LogP) is 1.36. The largest absolute Gasteiger partial charge is 0.384 e. The molecule has 0 aromatic carbocycles. The molecule has 2 N–H and O–H groups in total. The fraction of sp³-hybridized carbons (Fsp3) is 0.737. The van der Waals surface area contributed by atoms with Crippen LogP contribution in [0.5, 0.6) is 0 Å². The summed E-state index contributed by atoms with van der Waals surface area (Å²) in [6, 6.07) is 2.80. The van der Waals surface area contributed by atoms with Crippen LogP contribution in [0.2, 0.25) is 0 Å². The number of rotatable bonds is 7. The van der Waals surface area contributed by atoms with Gasteiger partial charge in [-0.15, -0.1) is 0 Å². The number of amides is 1. The van der Waals surface area contributed by atoms with Gasteiger partial charge in [-0.2, -0.15) is 0 Å². The Hall–Kier alpha value is -1.73. The number of nitrogens with zero attached hydrogens (tertiary/aromatic N) is 5. The minimum atomic E-state index is 0.293. The van der Waals surface area contributed by atoms with Crippen LogP contribution in [0.3, 0.4) is 0 Å². The molecule has 2 aliphatic rings. The number of carbonyl (C=O) groups excluding carboxylic acids is 1. The molecule has 1 aromatic rings. The molecular weight excluding hydrogens is 328 g/mol. The molecule has 0 spiro atoms. The number of anilines is 1. The third-order valence-electron chi connectivity index (χ3n) is 5.60. The van der Waals surface area contributed by atoms with Crippen molar-refractivity contribution in [2.24, 2.45) is 0 Å². The number of carbonyl (C=O) groups is 1. The van der Waals surface area contributed by atoms with E-state index in [2.05, 4.69) is 38.6 Å². The summed E-state index contributed by atoms with van der Waals surface area (Å²) in [5.41, 5.74) is 5.75. The molecule has 1 saturated carbocycles. The summed E-state index contributed by atoms with van der Waals surface area (Å²) in [6.45, 7) is 6.11. The number of nitrogen functional groups attached to an aromatic ring is 1. The lowest BCUT2D eigenvalue weighted by atomic mass is 10.1. The van der Waals surface area contributed by atoms with Gasteiger partial charge in [0.15, 0.2) is 0 Å². The van der Waals surface area contributed by atoms with Crippen molar-refractivity contribution >= 4 is 11.7 Å². The molecule has 0 bridgehead atoms. The lowest BCUT2D eigenvalue weighted by molar-refractivity contribution is -0.132. The van der Waals surface area contributed by atoms with Crippen molar-refractivity contribution in [3.05, 3.63) is 18.1 Å². The molecule has 1 aliphatic carbocycles. The quantitative estimate of drug-likeness (QED) is 0.791. The van der Waals surface area contributed by atoms with Crippen molar-refractivity contribution < 1.29 is 4.79 Å². The van der Waals surface area contributed by atoms with E-state index < -0.39 is 0 Å². The van der Waals surface area contributed by atoms with Crippen LogP contribution in [0.25, 0.3) is 0 Å². The molecular formula is C19H32N6O. The summed E-state index contributed by atoms with van der Waals surface area (Å²) in [6.07, 6.45) is 7.36. The van der Waals surface area contributed by atoms with E-state index in [4.69, 9.17) is 5.73 Å². The highest BCUT2D eigenvalue weighted by atomic mass is 16.2. The van der Waals surface area contributed by atoms with Gasteiger partial charge in [-0.3, -0.25) is 14.6 Å². The number of nitrogens with two attached hydrogens (primary N) is 1. The van der Waals surface area contributed by atoms with E-state index in [0.29, 0.717) is 36.9 Å². The Morgan fingerprint density at radius 1 is 1.27 bits per heavy atom. The fourth-order valence-corrected chi connectivity index (χ4v) is 3.82. The monoisotopic (exact) mass is 360 g/mol. The van der Waals surface area contributed by atoms with Crippen LogP contribution in [0.15, 0.2) is 12.3 Å². The second-order valence-electron chi connectivity index (χ2n) is 7.57. The maximum Gasteiger partial charge on any atom is 0.236 e. The zero-order valence-corrected chi connectivity index (χ0v) is 16.1. The van der Waals surface area contributed by atoms with Crippen molar-refractivity contribution in [2.45, 2.75) is 57.7 Å². The Morgan fingerprint density at radius 3 is 2.77 bits per heavy atom. The van der Waals surface area contributed by atoms with E-state index in [1.54, 1.807) is 12.3 Å². The van der Waals surface area contributed by atoms with Gasteiger partial charge in [0.25, 0.3) is 0 Å². The van der Waals surface area contributed by atoms with Gasteiger partial charge < -0.3 is 10.6 Å². The van der Waals surface area contributed by atoms with Crippen molar-refractivity contribution in [1.82, 2.24) is 24.7 Å². The Kier molecular flexibility index (Phi) is 6.43. The van der Waals surface area contributed by atoms with Crippen molar-refractivity contribution in [3.63, 3.8) is 0 Å². The first-order valence-corrected chi connectivity index (χ1v) is 9.86. The van der Waals surface area contributed by atoms with Gasteiger partial charge in [-0.25, -0.2) is 9.97 Å². The molecule has 1 aliphatic heterocycles. The molecule has 1 saturated heterocycles. The van der Waals surface area contributed by atoms with Gasteiger partial charge in [0.2, 0.25) is 5.91 Å². The van der Waals surface area contributed by atoms with Crippen molar-refractivity contribution in [2.75, 3.05) is 39.0 Å².